The van der Waals surface area contributed by atoms with E-state index in [2.05, 4.69) is 25.3 Å². The Balaban J connectivity index is 1.70. The highest BCUT2D eigenvalue weighted by molar-refractivity contribution is 6.35. The first-order valence-corrected chi connectivity index (χ1v) is 12.1. The maximum Gasteiger partial charge on any atom is 0.348 e. The lowest BCUT2D eigenvalue weighted by Gasteiger charge is -2.36. The lowest BCUT2D eigenvalue weighted by Crippen LogP contribution is -2.37. The molecule has 1 aromatic heterocycles. The second kappa shape index (κ2) is 9.44. The number of halogens is 2. The Hall–Kier alpha value is -2.04. The highest BCUT2D eigenvalue weighted by Gasteiger charge is 2.34. The van der Waals surface area contributed by atoms with Gasteiger partial charge in [-0.2, -0.15) is 0 Å². The van der Waals surface area contributed by atoms with Crippen LogP contribution in [0.1, 0.15) is 40.0 Å². The molecule has 0 saturated heterocycles. The molecule has 6 heteroatoms. The van der Waals surface area contributed by atoms with Crippen LogP contribution in [0.5, 0.6) is 0 Å². The van der Waals surface area contributed by atoms with E-state index in [0.29, 0.717) is 27.8 Å². The quantitative estimate of drug-likeness (QED) is 0.315. The van der Waals surface area contributed by atoms with E-state index in [1.807, 2.05) is 48.0 Å². The molecule has 0 N–H and O–H groups in total. The standard InChI is InChI=1S/C26H31Cl2N2O2/c1-16(2)21-10-9-17(3)11-24(21)32-25(31)15-30-23-8-6-5-7-22(23)29(4)26(30)18-12-19(27)14-20(28)13-18/h5-8,12-14,16-17,21,24H,9-11,15H2,1-4H3/q+1/t17-,21?,24-/m1/s1. The summed E-state index contributed by atoms with van der Waals surface area (Å²) in [7, 11) is 1.99. The van der Waals surface area contributed by atoms with Crippen molar-refractivity contribution in [3.63, 3.8) is 0 Å². The van der Waals surface area contributed by atoms with Gasteiger partial charge in [-0.25, -0.2) is 13.9 Å². The van der Waals surface area contributed by atoms with Crippen molar-refractivity contribution in [3.05, 3.63) is 52.5 Å². The van der Waals surface area contributed by atoms with Crippen LogP contribution in [-0.4, -0.2) is 16.6 Å². The maximum absolute atomic E-state index is 13.2. The fourth-order valence-corrected chi connectivity index (χ4v) is 5.69. The number of aromatic nitrogens is 2. The summed E-state index contributed by atoms with van der Waals surface area (Å²) in [6.45, 7) is 6.83. The number of aryl methyl sites for hydroxylation is 1. The topological polar surface area (TPSA) is 35.1 Å². The highest BCUT2D eigenvalue weighted by atomic mass is 35.5. The Bertz CT molecular complexity index is 1120. The zero-order valence-electron chi connectivity index (χ0n) is 19.1. The minimum atomic E-state index is -0.203. The molecule has 4 nitrogen and oxygen atoms in total. The summed E-state index contributed by atoms with van der Waals surface area (Å²) in [5, 5.41) is 1.12. The molecule has 3 aromatic rings. The molecule has 0 radical (unpaired) electrons. The van der Waals surface area contributed by atoms with Gasteiger partial charge < -0.3 is 4.74 Å². The third-order valence-corrected chi connectivity index (χ3v) is 7.20. The molecule has 1 unspecified atom stereocenters. The van der Waals surface area contributed by atoms with E-state index in [1.54, 1.807) is 6.07 Å². The number of carbonyl (C=O) groups is 1. The van der Waals surface area contributed by atoms with Crippen LogP contribution in [0, 0.1) is 17.8 Å². The molecule has 1 heterocycles. The van der Waals surface area contributed by atoms with Crippen molar-refractivity contribution < 1.29 is 14.1 Å². The van der Waals surface area contributed by atoms with Crippen molar-refractivity contribution >= 4 is 40.2 Å². The van der Waals surface area contributed by atoms with Gasteiger partial charge in [-0.15, -0.1) is 0 Å². The normalized spacial score (nSPS) is 21.3. The Morgan fingerprint density at radius 2 is 1.84 bits per heavy atom. The second-order valence-electron chi connectivity index (χ2n) is 9.47. The average Bonchev–Trinajstić information content (AvgIpc) is 2.99. The molecule has 0 amide bonds. The van der Waals surface area contributed by atoms with E-state index in [1.165, 1.54) is 6.42 Å². The van der Waals surface area contributed by atoms with E-state index in [4.69, 9.17) is 27.9 Å². The largest absolute Gasteiger partial charge is 0.459 e. The average molecular weight is 474 g/mol. The number of benzene rings is 2. The summed E-state index contributed by atoms with van der Waals surface area (Å²) < 4.78 is 10.2. The molecular weight excluding hydrogens is 443 g/mol. The number of esters is 1. The van der Waals surface area contributed by atoms with Crippen LogP contribution >= 0.6 is 23.2 Å². The number of fused-ring (bicyclic) bond motifs is 1. The summed E-state index contributed by atoms with van der Waals surface area (Å²) in [6.07, 6.45) is 3.23. The molecular formula is C26H31Cl2N2O2+. The van der Waals surface area contributed by atoms with E-state index in [-0.39, 0.29) is 18.6 Å². The van der Waals surface area contributed by atoms with Gasteiger partial charge in [-0.05, 0) is 60.9 Å². The molecule has 2 aromatic carbocycles. The second-order valence-corrected chi connectivity index (χ2v) is 10.3. The van der Waals surface area contributed by atoms with Gasteiger partial charge in [0.1, 0.15) is 6.10 Å². The fraction of sp³-hybridized carbons (Fsp3) is 0.462. The van der Waals surface area contributed by atoms with E-state index in [0.717, 1.165) is 35.3 Å². The third-order valence-electron chi connectivity index (χ3n) is 6.76. The Morgan fingerprint density at radius 3 is 2.53 bits per heavy atom. The minimum Gasteiger partial charge on any atom is -0.459 e. The first-order chi connectivity index (χ1) is 15.2. The molecule has 1 aliphatic carbocycles. The predicted molar refractivity (Wildman–Crippen MR) is 130 cm³/mol. The van der Waals surface area contributed by atoms with Crippen molar-refractivity contribution in [2.75, 3.05) is 0 Å². The zero-order valence-corrected chi connectivity index (χ0v) is 20.7. The number of imidazole rings is 1. The molecule has 3 atom stereocenters. The Kier molecular flexibility index (Phi) is 6.83. The van der Waals surface area contributed by atoms with Gasteiger partial charge in [0.15, 0.2) is 17.6 Å². The third kappa shape index (κ3) is 4.67. The lowest BCUT2D eigenvalue weighted by atomic mass is 9.75. The minimum absolute atomic E-state index is 0.0223. The first-order valence-electron chi connectivity index (χ1n) is 11.4. The van der Waals surface area contributed by atoms with Crippen molar-refractivity contribution in [3.8, 4) is 11.4 Å². The SMILES string of the molecule is CC(C)C1CC[C@@H](C)C[C@H]1OC(=O)Cn1c(-c2cc(Cl)cc(Cl)c2)[n+](C)c2ccccc21. The fourth-order valence-electron chi connectivity index (χ4n) is 5.16. The number of rotatable bonds is 5. The van der Waals surface area contributed by atoms with Crippen LogP contribution in [0.2, 0.25) is 10.0 Å². The number of hydrogen-bond donors (Lipinski definition) is 0. The predicted octanol–water partition coefficient (Wildman–Crippen LogP) is 6.44. The van der Waals surface area contributed by atoms with Crippen LogP contribution in [0.4, 0.5) is 0 Å². The van der Waals surface area contributed by atoms with Gasteiger partial charge in [0.05, 0.1) is 12.6 Å². The van der Waals surface area contributed by atoms with Crippen molar-refractivity contribution in [1.29, 1.82) is 0 Å². The maximum atomic E-state index is 13.2. The summed E-state index contributed by atoms with van der Waals surface area (Å²) in [5.41, 5.74) is 2.86. The van der Waals surface area contributed by atoms with Crippen LogP contribution in [-0.2, 0) is 23.1 Å². The van der Waals surface area contributed by atoms with Crippen LogP contribution in [0.15, 0.2) is 42.5 Å². The molecule has 32 heavy (non-hydrogen) atoms. The van der Waals surface area contributed by atoms with E-state index < -0.39 is 0 Å². The molecule has 1 fully saturated rings. The number of ether oxygens (including phenoxy) is 1. The molecule has 0 aliphatic heterocycles. The molecule has 1 saturated carbocycles. The molecule has 0 spiro atoms. The van der Waals surface area contributed by atoms with Gasteiger partial charge in [-0.1, -0.05) is 62.5 Å². The van der Waals surface area contributed by atoms with E-state index in [9.17, 15) is 4.79 Å². The highest BCUT2D eigenvalue weighted by Crippen LogP contribution is 2.36. The first kappa shape index (κ1) is 23.1. The van der Waals surface area contributed by atoms with Gasteiger partial charge in [0.25, 0.3) is 5.82 Å². The Labute approximate surface area is 200 Å². The number of nitrogens with zero attached hydrogens (tertiary/aromatic N) is 2. The monoisotopic (exact) mass is 473 g/mol. The van der Waals surface area contributed by atoms with Crippen molar-refractivity contribution in [1.82, 2.24) is 4.57 Å². The van der Waals surface area contributed by atoms with Crippen molar-refractivity contribution in [2.24, 2.45) is 24.8 Å². The van der Waals surface area contributed by atoms with E-state index >= 15 is 0 Å². The molecule has 0 bridgehead atoms. The van der Waals surface area contributed by atoms with Crippen molar-refractivity contribution in [2.45, 2.75) is 52.7 Å². The lowest BCUT2D eigenvalue weighted by molar-refractivity contribution is -0.634. The summed E-state index contributed by atoms with van der Waals surface area (Å²) in [4.78, 5) is 13.2. The van der Waals surface area contributed by atoms with Crippen LogP contribution in [0.3, 0.4) is 0 Å². The summed E-state index contributed by atoms with van der Waals surface area (Å²) >= 11 is 12.6. The number of carbonyl (C=O) groups excluding carboxylic acids is 1. The van der Waals surface area contributed by atoms with Gasteiger partial charge in [0.2, 0.25) is 0 Å². The van der Waals surface area contributed by atoms with Gasteiger partial charge >= 0.3 is 5.97 Å². The number of para-hydroxylation sites is 2. The zero-order chi connectivity index (χ0) is 23.0. The smallest absolute Gasteiger partial charge is 0.348 e. The molecule has 170 valence electrons. The van der Waals surface area contributed by atoms with Gasteiger partial charge in [0, 0.05) is 10.0 Å². The van der Waals surface area contributed by atoms with Crippen LogP contribution in [0.25, 0.3) is 22.4 Å². The Morgan fingerprint density at radius 1 is 1.16 bits per heavy atom. The van der Waals surface area contributed by atoms with Gasteiger partial charge in [-0.3, -0.25) is 0 Å². The molecule has 4 rings (SSSR count). The number of hydrogen-bond acceptors (Lipinski definition) is 2. The van der Waals surface area contributed by atoms with Crippen LogP contribution < -0.4 is 4.57 Å². The summed E-state index contributed by atoms with van der Waals surface area (Å²) in [5.74, 6) is 2.15. The summed E-state index contributed by atoms with van der Waals surface area (Å²) in [6, 6.07) is 13.5. The molecule has 1 aliphatic rings.